The molecule has 3 amide bonds. The highest BCUT2D eigenvalue weighted by Gasteiger charge is 2.32. The molecule has 0 aromatic rings. The van der Waals surface area contributed by atoms with Crippen LogP contribution < -0.4 is 5.32 Å². The number of imide groups is 1. The maximum absolute atomic E-state index is 11.5. The molecular formula is C13H20N2O7. The van der Waals surface area contributed by atoms with Crippen molar-refractivity contribution in [1.82, 2.24) is 10.4 Å². The average Bonchev–Trinajstić information content (AvgIpc) is 2.79. The van der Waals surface area contributed by atoms with E-state index in [0.29, 0.717) is 31.1 Å². The van der Waals surface area contributed by atoms with Crippen LogP contribution in [0.25, 0.3) is 0 Å². The predicted molar refractivity (Wildman–Crippen MR) is 72.3 cm³/mol. The van der Waals surface area contributed by atoms with Gasteiger partial charge in [0.1, 0.15) is 6.61 Å². The van der Waals surface area contributed by atoms with Crippen LogP contribution in [-0.2, 0) is 28.7 Å². The number of nitrogens with one attached hydrogen (secondary N) is 1. The highest BCUT2D eigenvalue weighted by molar-refractivity contribution is 6.01. The molecular weight excluding hydrogens is 296 g/mol. The SMILES string of the molecule is COCCOC(=O)NCCCCC(=O)ON1C(=O)CCC1=O. The number of amides is 3. The number of hydrogen-bond donors (Lipinski definition) is 1. The van der Waals surface area contributed by atoms with E-state index in [-0.39, 0.29) is 25.9 Å². The Hall–Kier alpha value is -2.16. The fourth-order valence-corrected chi connectivity index (χ4v) is 1.66. The molecule has 1 N–H and O–H groups in total. The first kappa shape index (κ1) is 17.9. The summed E-state index contributed by atoms with van der Waals surface area (Å²) in [5.41, 5.74) is 0. The Morgan fingerprint density at radius 3 is 2.45 bits per heavy atom. The van der Waals surface area contributed by atoms with E-state index in [4.69, 9.17) is 14.3 Å². The van der Waals surface area contributed by atoms with Crippen LogP contribution in [0.5, 0.6) is 0 Å². The van der Waals surface area contributed by atoms with Gasteiger partial charge in [-0.25, -0.2) is 9.59 Å². The molecule has 0 spiro atoms. The normalized spacial score (nSPS) is 14.1. The van der Waals surface area contributed by atoms with Gasteiger partial charge in [-0.3, -0.25) is 9.59 Å². The molecule has 1 aliphatic rings. The molecule has 0 saturated carbocycles. The van der Waals surface area contributed by atoms with Crippen molar-refractivity contribution in [3.8, 4) is 0 Å². The molecule has 0 aliphatic carbocycles. The molecule has 0 bridgehead atoms. The summed E-state index contributed by atoms with van der Waals surface area (Å²) in [6.45, 7) is 0.848. The number of carbonyl (C=O) groups is 4. The molecule has 1 saturated heterocycles. The van der Waals surface area contributed by atoms with Gasteiger partial charge in [-0.15, -0.1) is 5.06 Å². The zero-order valence-corrected chi connectivity index (χ0v) is 12.5. The molecule has 1 heterocycles. The Kier molecular flexibility index (Phi) is 7.90. The molecule has 0 aromatic heterocycles. The number of methoxy groups -OCH3 is 1. The van der Waals surface area contributed by atoms with E-state index in [9.17, 15) is 19.2 Å². The zero-order valence-electron chi connectivity index (χ0n) is 12.5. The summed E-state index contributed by atoms with van der Waals surface area (Å²) in [4.78, 5) is 49.8. The van der Waals surface area contributed by atoms with Crippen LogP contribution >= 0.6 is 0 Å². The van der Waals surface area contributed by atoms with Crippen molar-refractivity contribution in [2.45, 2.75) is 32.1 Å². The van der Waals surface area contributed by atoms with Gasteiger partial charge in [-0.05, 0) is 12.8 Å². The number of nitrogens with zero attached hydrogens (tertiary/aromatic N) is 1. The van der Waals surface area contributed by atoms with Crippen molar-refractivity contribution in [3.05, 3.63) is 0 Å². The van der Waals surface area contributed by atoms with Gasteiger partial charge in [0, 0.05) is 32.9 Å². The van der Waals surface area contributed by atoms with Crippen LogP contribution in [0.1, 0.15) is 32.1 Å². The minimum Gasteiger partial charge on any atom is -0.447 e. The van der Waals surface area contributed by atoms with Crippen LogP contribution in [0.3, 0.4) is 0 Å². The molecule has 1 rings (SSSR count). The van der Waals surface area contributed by atoms with Gasteiger partial charge in [0.05, 0.1) is 6.61 Å². The third-order valence-corrected chi connectivity index (χ3v) is 2.80. The van der Waals surface area contributed by atoms with Crippen LogP contribution in [-0.4, -0.2) is 55.8 Å². The van der Waals surface area contributed by atoms with Crippen LogP contribution in [0.4, 0.5) is 4.79 Å². The molecule has 9 nitrogen and oxygen atoms in total. The van der Waals surface area contributed by atoms with Crippen LogP contribution in [0.2, 0.25) is 0 Å². The number of ether oxygens (including phenoxy) is 2. The standard InChI is InChI=1S/C13H20N2O7/c1-20-8-9-21-13(19)14-7-3-2-4-12(18)22-15-10(16)5-6-11(15)17/h2-9H2,1H3,(H,14,19). The van der Waals surface area contributed by atoms with E-state index in [1.165, 1.54) is 7.11 Å². The molecule has 124 valence electrons. The smallest absolute Gasteiger partial charge is 0.407 e. The Bertz CT molecular complexity index is 409. The van der Waals surface area contributed by atoms with Gasteiger partial charge in [0.2, 0.25) is 0 Å². The van der Waals surface area contributed by atoms with Gasteiger partial charge in [0.25, 0.3) is 11.8 Å². The van der Waals surface area contributed by atoms with Gasteiger partial charge in [-0.1, -0.05) is 0 Å². The maximum atomic E-state index is 11.5. The maximum Gasteiger partial charge on any atom is 0.407 e. The van der Waals surface area contributed by atoms with E-state index in [1.807, 2.05) is 0 Å². The number of hydroxylamine groups is 2. The van der Waals surface area contributed by atoms with E-state index in [0.717, 1.165) is 0 Å². The highest BCUT2D eigenvalue weighted by atomic mass is 16.7. The molecule has 0 aromatic carbocycles. The molecule has 1 aliphatic heterocycles. The fourth-order valence-electron chi connectivity index (χ4n) is 1.66. The highest BCUT2D eigenvalue weighted by Crippen LogP contribution is 2.13. The first-order valence-electron chi connectivity index (χ1n) is 7.00. The van der Waals surface area contributed by atoms with E-state index in [2.05, 4.69) is 5.32 Å². The van der Waals surface area contributed by atoms with Crippen molar-refractivity contribution in [1.29, 1.82) is 0 Å². The topological polar surface area (TPSA) is 111 Å². The minimum atomic E-state index is -0.647. The van der Waals surface area contributed by atoms with E-state index >= 15 is 0 Å². The number of rotatable bonds is 9. The van der Waals surface area contributed by atoms with Gasteiger partial charge in [-0.2, -0.15) is 0 Å². The predicted octanol–water partition coefficient (Wildman–Crippen LogP) is 0.136. The lowest BCUT2D eigenvalue weighted by Crippen LogP contribution is -2.32. The zero-order chi connectivity index (χ0) is 16.4. The lowest BCUT2D eigenvalue weighted by atomic mass is 10.2. The third kappa shape index (κ3) is 6.53. The minimum absolute atomic E-state index is 0.0530. The fraction of sp³-hybridized carbons (Fsp3) is 0.692. The van der Waals surface area contributed by atoms with Crippen molar-refractivity contribution >= 4 is 23.9 Å². The summed E-state index contributed by atoms with van der Waals surface area (Å²) < 4.78 is 9.50. The van der Waals surface area contributed by atoms with Gasteiger partial charge < -0.3 is 19.6 Å². The summed E-state index contributed by atoms with van der Waals surface area (Å²) in [6.07, 6.45) is 0.636. The number of hydrogen-bond acceptors (Lipinski definition) is 7. The summed E-state index contributed by atoms with van der Waals surface area (Å²) in [7, 11) is 1.50. The summed E-state index contributed by atoms with van der Waals surface area (Å²) in [6, 6.07) is 0. The number of unbranched alkanes of at least 4 members (excludes halogenated alkanes) is 1. The van der Waals surface area contributed by atoms with Crippen LogP contribution in [0.15, 0.2) is 0 Å². The largest absolute Gasteiger partial charge is 0.447 e. The molecule has 0 unspecified atom stereocenters. The monoisotopic (exact) mass is 316 g/mol. The summed E-state index contributed by atoms with van der Waals surface area (Å²) in [5, 5.41) is 3.04. The summed E-state index contributed by atoms with van der Waals surface area (Å²) in [5.74, 6) is -1.65. The molecule has 0 atom stereocenters. The third-order valence-electron chi connectivity index (χ3n) is 2.80. The van der Waals surface area contributed by atoms with Gasteiger partial charge >= 0.3 is 12.1 Å². The molecule has 22 heavy (non-hydrogen) atoms. The first-order valence-corrected chi connectivity index (χ1v) is 7.00. The second-order valence-electron chi connectivity index (χ2n) is 4.56. The molecule has 9 heteroatoms. The van der Waals surface area contributed by atoms with E-state index < -0.39 is 23.9 Å². The lowest BCUT2D eigenvalue weighted by Gasteiger charge is -2.12. The van der Waals surface area contributed by atoms with Crippen molar-refractivity contribution in [2.75, 3.05) is 26.9 Å². The Morgan fingerprint density at radius 2 is 1.82 bits per heavy atom. The second kappa shape index (κ2) is 9.72. The molecule has 0 radical (unpaired) electrons. The lowest BCUT2D eigenvalue weighted by molar-refractivity contribution is -0.197. The average molecular weight is 316 g/mol. The van der Waals surface area contributed by atoms with E-state index in [1.54, 1.807) is 0 Å². The van der Waals surface area contributed by atoms with Crippen molar-refractivity contribution in [2.24, 2.45) is 0 Å². The number of alkyl carbamates (subject to hydrolysis) is 1. The second-order valence-corrected chi connectivity index (χ2v) is 4.56. The number of carbonyl (C=O) groups excluding carboxylic acids is 4. The van der Waals surface area contributed by atoms with Crippen molar-refractivity contribution < 1.29 is 33.5 Å². The Balaban J connectivity index is 2.04. The van der Waals surface area contributed by atoms with Gasteiger partial charge in [0.15, 0.2) is 0 Å². The quantitative estimate of drug-likeness (QED) is 0.475. The molecule has 1 fully saturated rings. The van der Waals surface area contributed by atoms with Crippen molar-refractivity contribution in [3.63, 3.8) is 0 Å². The first-order chi connectivity index (χ1) is 10.5. The Labute approximate surface area is 127 Å². The summed E-state index contributed by atoms with van der Waals surface area (Å²) >= 11 is 0. The Morgan fingerprint density at radius 1 is 1.14 bits per heavy atom. The van der Waals surface area contributed by atoms with Crippen LogP contribution in [0, 0.1) is 0 Å².